The van der Waals surface area contributed by atoms with Gasteiger partial charge in [-0.1, -0.05) is 30.3 Å². The van der Waals surface area contributed by atoms with Gasteiger partial charge >= 0.3 is 0 Å². The Labute approximate surface area is 156 Å². The summed E-state index contributed by atoms with van der Waals surface area (Å²) < 4.78 is 11.7. The van der Waals surface area contributed by atoms with Gasteiger partial charge < -0.3 is 14.8 Å². The third-order valence-corrected chi connectivity index (χ3v) is 5.44. The van der Waals surface area contributed by atoms with E-state index in [1.165, 1.54) is 5.56 Å². The van der Waals surface area contributed by atoms with Crippen LogP contribution in [0.3, 0.4) is 0 Å². The van der Waals surface area contributed by atoms with Crippen LogP contribution in [0, 0.1) is 5.92 Å². The number of benzene rings is 2. The molecule has 0 radical (unpaired) electrons. The Kier molecular flexibility index (Phi) is 5.85. The van der Waals surface area contributed by atoms with Crippen molar-refractivity contribution < 1.29 is 9.47 Å². The Morgan fingerprint density at radius 3 is 2.42 bits per heavy atom. The Morgan fingerprint density at radius 1 is 0.923 bits per heavy atom. The third-order valence-electron chi connectivity index (χ3n) is 5.44. The molecule has 0 saturated carbocycles. The van der Waals surface area contributed by atoms with Crippen molar-refractivity contribution in [3.63, 3.8) is 0 Å². The fourth-order valence-electron chi connectivity index (χ4n) is 4.16. The van der Waals surface area contributed by atoms with Gasteiger partial charge in [0.15, 0.2) is 0 Å². The van der Waals surface area contributed by atoms with Gasteiger partial charge in [0.1, 0.15) is 11.5 Å². The van der Waals surface area contributed by atoms with Crippen molar-refractivity contribution in [2.24, 2.45) is 5.92 Å². The van der Waals surface area contributed by atoms with Gasteiger partial charge in [0, 0.05) is 45.4 Å². The minimum Gasteiger partial charge on any atom is -0.457 e. The summed E-state index contributed by atoms with van der Waals surface area (Å²) in [6, 6.07) is 19.1. The summed E-state index contributed by atoms with van der Waals surface area (Å²) in [5.41, 5.74) is 1.37. The van der Waals surface area contributed by atoms with E-state index >= 15 is 0 Å². The number of para-hydroxylation sites is 1. The summed E-state index contributed by atoms with van der Waals surface area (Å²) in [4.78, 5) is 2.65. The molecule has 2 aliphatic heterocycles. The van der Waals surface area contributed by atoms with Gasteiger partial charge in [0.25, 0.3) is 0 Å². The van der Waals surface area contributed by atoms with Crippen LogP contribution in [0.2, 0.25) is 0 Å². The smallest absolute Gasteiger partial charge is 0.127 e. The zero-order chi connectivity index (χ0) is 17.6. The SMILES string of the molecule is c1ccc(Oc2cccc([C@H](C3CCOCC3)N3CCNCC3)c2)cc1. The molecule has 0 unspecified atom stereocenters. The summed E-state index contributed by atoms with van der Waals surface area (Å²) in [5, 5.41) is 3.48. The lowest BCUT2D eigenvalue weighted by atomic mass is 9.85. The van der Waals surface area contributed by atoms with Crippen molar-refractivity contribution in [1.82, 2.24) is 10.2 Å². The Morgan fingerprint density at radius 2 is 1.65 bits per heavy atom. The standard InChI is InChI=1S/C22H28N2O2/c1-2-6-20(7-3-1)26-21-8-4-5-19(17-21)22(18-9-15-25-16-10-18)24-13-11-23-12-14-24/h1-8,17-18,22-23H,9-16H2/t22-/m0/s1. The first-order valence-corrected chi connectivity index (χ1v) is 9.75. The maximum absolute atomic E-state index is 6.09. The summed E-state index contributed by atoms with van der Waals surface area (Å²) in [6.45, 7) is 6.11. The average Bonchev–Trinajstić information content (AvgIpc) is 2.71. The van der Waals surface area contributed by atoms with Gasteiger partial charge in [-0.15, -0.1) is 0 Å². The number of rotatable bonds is 5. The van der Waals surface area contributed by atoms with E-state index in [-0.39, 0.29) is 0 Å². The first kappa shape index (κ1) is 17.5. The molecule has 0 bridgehead atoms. The number of ether oxygens (including phenoxy) is 2. The second kappa shape index (κ2) is 8.67. The van der Waals surface area contributed by atoms with Gasteiger partial charge in [0.2, 0.25) is 0 Å². The molecule has 1 N–H and O–H groups in total. The summed E-state index contributed by atoms with van der Waals surface area (Å²) in [7, 11) is 0. The van der Waals surface area contributed by atoms with Crippen molar-refractivity contribution in [2.45, 2.75) is 18.9 Å². The Balaban J connectivity index is 1.58. The largest absolute Gasteiger partial charge is 0.457 e. The Hall–Kier alpha value is -1.88. The molecule has 0 spiro atoms. The molecule has 2 aromatic rings. The molecule has 4 nitrogen and oxygen atoms in total. The molecule has 0 aromatic heterocycles. The quantitative estimate of drug-likeness (QED) is 0.886. The number of hydrogen-bond donors (Lipinski definition) is 1. The number of hydrogen-bond acceptors (Lipinski definition) is 4. The predicted molar refractivity (Wildman–Crippen MR) is 104 cm³/mol. The van der Waals surface area contributed by atoms with E-state index in [4.69, 9.17) is 9.47 Å². The highest BCUT2D eigenvalue weighted by atomic mass is 16.5. The van der Waals surface area contributed by atoms with E-state index in [2.05, 4.69) is 34.5 Å². The third kappa shape index (κ3) is 4.26. The van der Waals surface area contributed by atoms with E-state index in [0.717, 1.165) is 63.7 Å². The average molecular weight is 352 g/mol. The van der Waals surface area contributed by atoms with Crippen LogP contribution < -0.4 is 10.1 Å². The molecular weight excluding hydrogens is 324 g/mol. The fraction of sp³-hybridized carbons (Fsp3) is 0.455. The van der Waals surface area contributed by atoms with Crippen LogP contribution in [0.5, 0.6) is 11.5 Å². The molecule has 4 heteroatoms. The van der Waals surface area contributed by atoms with E-state index < -0.39 is 0 Å². The van der Waals surface area contributed by atoms with Crippen LogP contribution in [0.25, 0.3) is 0 Å². The predicted octanol–water partition coefficient (Wildman–Crippen LogP) is 3.85. The van der Waals surface area contributed by atoms with E-state index in [0.29, 0.717) is 12.0 Å². The minimum absolute atomic E-state index is 0.445. The molecule has 26 heavy (non-hydrogen) atoms. The van der Waals surface area contributed by atoms with E-state index in [1.807, 2.05) is 30.3 Å². The number of nitrogens with one attached hydrogen (secondary N) is 1. The van der Waals surface area contributed by atoms with Crippen molar-refractivity contribution in [1.29, 1.82) is 0 Å². The molecule has 2 heterocycles. The van der Waals surface area contributed by atoms with E-state index in [9.17, 15) is 0 Å². The van der Waals surface area contributed by atoms with Crippen LogP contribution in [0.15, 0.2) is 54.6 Å². The first-order valence-electron chi connectivity index (χ1n) is 9.75. The fourth-order valence-corrected chi connectivity index (χ4v) is 4.16. The van der Waals surface area contributed by atoms with Crippen molar-refractivity contribution in [3.8, 4) is 11.5 Å². The maximum atomic E-state index is 6.09. The number of nitrogens with zero attached hydrogens (tertiary/aromatic N) is 1. The maximum Gasteiger partial charge on any atom is 0.127 e. The van der Waals surface area contributed by atoms with Crippen molar-refractivity contribution in [2.75, 3.05) is 39.4 Å². The molecule has 2 saturated heterocycles. The van der Waals surface area contributed by atoms with Crippen molar-refractivity contribution in [3.05, 3.63) is 60.2 Å². The highest BCUT2D eigenvalue weighted by Gasteiger charge is 2.31. The summed E-state index contributed by atoms with van der Waals surface area (Å²) in [5.74, 6) is 2.45. The molecule has 2 aliphatic rings. The molecule has 0 aliphatic carbocycles. The van der Waals surface area contributed by atoms with Crippen LogP contribution in [-0.4, -0.2) is 44.3 Å². The van der Waals surface area contributed by atoms with Crippen LogP contribution in [0.4, 0.5) is 0 Å². The zero-order valence-corrected chi connectivity index (χ0v) is 15.3. The van der Waals surface area contributed by atoms with Gasteiger partial charge in [-0.3, -0.25) is 4.90 Å². The van der Waals surface area contributed by atoms with Gasteiger partial charge in [-0.25, -0.2) is 0 Å². The van der Waals surface area contributed by atoms with Crippen molar-refractivity contribution >= 4 is 0 Å². The molecule has 1 atom stereocenters. The summed E-state index contributed by atoms with van der Waals surface area (Å²) >= 11 is 0. The molecule has 4 rings (SSSR count). The highest BCUT2D eigenvalue weighted by Crippen LogP contribution is 2.37. The molecule has 2 aromatic carbocycles. The van der Waals surface area contributed by atoms with E-state index in [1.54, 1.807) is 0 Å². The second-order valence-electron chi connectivity index (χ2n) is 7.17. The van der Waals surface area contributed by atoms with Gasteiger partial charge in [-0.2, -0.15) is 0 Å². The van der Waals surface area contributed by atoms with Gasteiger partial charge in [0.05, 0.1) is 0 Å². The first-order chi connectivity index (χ1) is 12.9. The molecule has 2 fully saturated rings. The lowest BCUT2D eigenvalue weighted by Gasteiger charge is -2.41. The summed E-state index contributed by atoms with van der Waals surface area (Å²) in [6.07, 6.45) is 2.27. The Bertz CT molecular complexity index is 662. The molecular formula is C22H28N2O2. The topological polar surface area (TPSA) is 33.7 Å². The number of piperazine rings is 1. The molecule has 0 amide bonds. The minimum atomic E-state index is 0.445. The van der Waals surface area contributed by atoms with Crippen LogP contribution >= 0.6 is 0 Å². The highest BCUT2D eigenvalue weighted by molar-refractivity contribution is 5.35. The monoisotopic (exact) mass is 352 g/mol. The lowest BCUT2D eigenvalue weighted by molar-refractivity contribution is 0.0213. The normalized spacial score (nSPS) is 20.6. The van der Waals surface area contributed by atoms with Crippen LogP contribution in [0.1, 0.15) is 24.4 Å². The second-order valence-corrected chi connectivity index (χ2v) is 7.17. The molecule has 138 valence electrons. The zero-order valence-electron chi connectivity index (χ0n) is 15.3. The van der Waals surface area contributed by atoms with Gasteiger partial charge in [-0.05, 0) is 48.6 Å². The lowest BCUT2D eigenvalue weighted by Crippen LogP contribution is -2.47. The van der Waals surface area contributed by atoms with Crippen LogP contribution in [-0.2, 0) is 4.74 Å².